The molecular formula is C18H21NS. The molecule has 5 rings (SSSR count). The summed E-state index contributed by atoms with van der Waals surface area (Å²) in [5, 5.41) is 3.76. The fourth-order valence-corrected chi connectivity index (χ4v) is 6.52. The van der Waals surface area contributed by atoms with Crippen molar-refractivity contribution in [1.82, 2.24) is 0 Å². The molecule has 0 amide bonds. The van der Waals surface area contributed by atoms with E-state index in [2.05, 4.69) is 29.6 Å². The van der Waals surface area contributed by atoms with Gasteiger partial charge in [0.1, 0.15) is 0 Å². The minimum atomic E-state index is 0.395. The standard InChI is InChI=1S/C18H21NS/c19-14(18-16-10-5-6-11(7-10)17(16)18)8-12-9-20-15-4-2-1-3-13(12)15/h1-4,9-11,14,16-18H,5-8,19H2. The molecule has 1 aromatic carbocycles. The highest BCUT2D eigenvalue weighted by Gasteiger charge is 2.65. The number of benzene rings is 1. The zero-order chi connectivity index (χ0) is 13.3. The van der Waals surface area contributed by atoms with Gasteiger partial charge >= 0.3 is 0 Å². The Hall–Kier alpha value is -0.860. The van der Waals surface area contributed by atoms with Crippen LogP contribution in [-0.2, 0) is 6.42 Å². The third kappa shape index (κ3) is 1.52. The van der Waals surface area contributed by atoms with Crippen LogP contribution in [0.25, 0.3) is 10.1 Å². The molecule has 2 heteroatoms. The number of rotatable bonds is 3. The van der Waals surface area contributed by atoms with Gasteiger partial charge in [0.2, 0.25) is 0 Å². The molecule has 0 spiro atoms. The van der Waals surface area contributed by atoms with Crippen molar-refractivity contribution in [2.24, 2.45) is 35.3 Å². The molecule has 5 atom stereocenters. The Bertz CT molecular complexity index is 644. The van der Waals surface area contributed by atoms with Crippen LogP contribution in [0.3, 0.4) is 0 Å². The van der Waals surface area contributed by atoms with E-state index in [1.54, 1.807) is 0 Å². The molecule has 1 aromatic heterocycles. The van der Waals surface area contributed by atoms with E-state index in [0.29, 0.717) is 6.04 Å². The minimum Gasteiger partial charge on any atom is -0.327 e. The Morgan fingerprint density at radius 2 is 1.90 bits per heavy atom. The van der Waals surface area contributed by atoms with Gasteiger partial charge in [-0.2, -0.15) is 0 Å². The van der Waals surface area contributed by atoms with Gasteiger partial charge in [-0.25, -0.2) is 0 Å². The summed E-state index contributed by atoms with van der Waals surface area (Å²) < 4.78 is 1.41. The first kappa shape index (κ1) is 11.8. The molecule has 1 nitrogen and oxygen atoms in total. The van der Waals surface area contributed by atoms with Crippen LogP contribution in [0.2, 0.25) is 0 Å². The third-order valence-corrected chi connectivity index (χ3v) is 7.32. The molecule has 3 aliphatic carbocycles. The lowest BCUT2D eigenvalue weighted by atomic mass is 9.94. The largest absolute Gasteiger partial charge is 0.327 e. The quantitative estimate of drug-likeness (QED) is 0.903. The first-order valence-electron chi connectivity index (χ1n) is 8.03. The molecule has 0 aliphatic heterocycles. The summed E-state index contributed by atoms with van der Waals surface area (Å²) in [5.74, 6) is 4.95. The monoisotopic (exact) mass is 283 g/mol. The number of hydrogen-bond acceptors (Lipinski definition) is 2. The second-order valence-corrected chi connectivity index (χ2v) is 8.10. The van der Waals surface area contributed by atoms with Gasteiger partial charge in [0.05, 0.1) is 0 Å². The third-order valence-electron chi connectivity index (χ3n) is 6.31. The summed E-state index contributed by atoms with van der Waals surface area (Å²) in [6.07, 6.45) is 5.61. The van der Waals surface area contributed by atoms with E-state index >= 15 is 0 Å². The maximum atomic E-state index is 6.61. The highest BCUT2D eigenvalue weighted by molar-refractivity contribution is 7.17. The molecular weight excluding hydrogens is 262 g/mol. The smallest absolute Gasteiger partial charge is 0.0345 e. The molecule has 2 N–H and O–H groups in total. The lowest BCUT2D eigenvalue weighted by molar-refractivity contribution is 0.410. The van der Waals surface area contributed by atoms with E-state index in [9.17, 15) is 0 Å². The fraction of sp³-hybridized carbons (Fsp3) is 0.556. The van der Waals surface area contributed by atoms with E-state index in [1.807, 2.05) is 11.3 Å². The molecule has 3 aliphatic rings. The van der Waals surface area contributed by atoms with Crippen LogP contribution >= 0.6 is 11.3 Å². The van der Waals surface area contributed by atoms with Crippen LogP contribution in [0.15, 0.2) is 29.6 Å². The van der Waals surface area contributed by atoms with Crippen molar-refractivity contribution in [2.45, 2.75) is 31.7 Å². The molecule has 3 saturated carbocycles. The molecule has 104 valence electrons. The number of thiophene rings is 1. The minimum absolute atomic E-state index is 0.395. The highest BCUT2D eigenvalue weighted by Crippen LogP contribution is 2.70. The molecule has 5 unspecified atom stereocenters. The van der Waals surface area contributed by atoms with E-state index in [0.717, 1.165) is 36.0 Å². The Morgan fingerprint density at radius 1 is 1.15 bits per heavy atom. The second kappa shape index (κ2) is 4.08. The Labute approximate surface area is 124 Å². The van der Waals surface area contributed by atoms with Crippen LogP contribution in [0.1, 0.15) is 24.8 Å². The van der Waals surface area contributed by atoms with Gasteiger partial charge in [0.25, 0.3) is 0 Å². The number of hydrogen-bond donors (Lipinski definition) is 1. The summed E-state index contributed by atoms with van der Waals surface area (Å²) >= 11 is 1.87. The van der Waals surface area contributed by atoms with Crippen molar-refractivity contribution >= 4 is 21.4 Å². The topological polar surface area (TPSA) is 26.0 Å². The van der Waals surface area contributed by atoms with E-state index in [4.69, 9.17) is 5.73 Å². The predicted octanol–water partition coefficient (Wildman–Crippen LogP) is 4.06. The Balaban J connectivity index is 1.37. The molecule has 3 fully saturated rings. The van der Waals surface area contributed by atoms with Crippen LogP contribution in [0, 0.1) is 29.6 Å². The van der Waals surface area contributed by atoms with E-state index in [-0.39, 0.29) is 0 Å². The number of nitrogens with two attached hydrogens (primary N) is 1. The SMILES string of the molecule is NC(Cc1csc2ccccc12)C1C2C3CCC(C3)C12. The van der Waals surface area contributed by atoms with Crippen molar-refractivity contribution in [1.29, 1.82) is 0 Å². The van der Waals surface area contributed by atoms with Gasteiger partial charge in [0, 0.05) is 10.7 Å². The summed E-state index contributed by atoms with van der Waals surface area (Å²) in [4.78, 5) is 0. The van der Waals surface area contributed by atoms with Crippen LogP contribution in [0.4, 0.5) is 0 Å². The van der Waals surface area contributed by atoms with E-state index < -0.39 is 0 Å². The lowest BCUT2D eigenvalue weighted by Gasteiger charge is -2.15. The summed E-state index contributed by atoms with van der Waals surface area (Å²) in [5.41, 5.74) is 8.09. The Morgan fingerprint density at radius 3 is 2.70 bits per heavy atom. The first-order valence-corrected chi connectivity index (χ1v) is 8.91. The first-order chi connectivity index (χ1) is 9.83. The average molecular weight is 283 g/mol. The maximum absolute atomic E-state index is 6.61. The Kier molecular flexibility index (Phi) is 2.40. The maximum Gasteiger partial charge on any atom is 0.0345 e. The van der Waals surface area contributed by atoms with Gasteiger partial charge in [0.15, 0.2) is 0 Å². The zero-order valence-electron chi connectivity index (χ0n) is 11.7. The van der Waals surface area contributed by atoms with Crippen molar-refractivity contribution in [3.05, 3.63) is 35.2 Å². The fourth-order valence-electron chi connectivity index (χ4n) is 5.55. The van der Waals surface area contributed by atoms with Crippen molar-refractivity contribution < 1.29 is 0 Å². The normalized spacial score (nSPS) is 39.1. The van der Waals surface area contributed by atoms with Gasteiger partial charge in [-0.3, -0.25) is 0 Å². The summed E-state index contributed by atoms with van der Waals surface area (Å²) in [6, 6.07) is 9.15. The number of fused-ring (bicyclic) bond motifs is 6. The van der Waals surface area contributed by atoms with Gasteiger partial charge in [-0.15, -0.1) is 11.3 Å². The molecule has 1 heterocycles. The second-order valence-electron chi connectivity index (χ2n) is 7.19. The summed E-state index contributed by atoms with van der Waals surface area (Å²) in [6.45, 7) is 0. The molecule has 2 aromatic rings. The molecule has 20 heavy (non-hydrogen) atoms. The van der Waals surface area contributed by atoms with Gasteiger partial charge in [-0.05, 0) is 77.7 Å². The van der Waals surface area contributed by atoms with Crippen molar-refractivity contribution in [3.63, 3.8) is 0 Å². The van der Waals surface area contributed by atoms with Crippen LogP contribution in [0.5, 0.6) is 0 Å². The predicted molar refractivity (Wildman–Crippen MR) is 84.8 cm³/mol. The highest BCUT2D eigenvalue weighted by atomic mass is 32.1. The van der Waals surface area contributed by atoms with Gasteiger partial charge < -0.3 is 5.73 Å². The molecule has 2 bridgehead atoms. The summed E-state index contributed by atoms with van der Waals surface area (Å²) in [7, 11) is 0. The van der Waals surface area contributed by atoms with Crippen LogP contribution < -0.4 is 5.73 Å². The lowest BCUT2D eigenvalue weighted by Crippen LogP contribution is -2.28. The van der Waals surface area contributed by atoms with Crippen LogP contribution in [-0.4, -0.2) is 6.04 Å². The zero-order valence-corrected chi connectivity index (χ0v) is 12.5. The van der Waals surface area contributed by atoms with E-state index in [1.165, 1.54) is 34.9 Å². The molecule has 0 radical (unpaired) electrons. The van der Waals surface area contributed by atoms with Gasteiger partial charge in [-0.1, -0.05) is 18.2 Å². The van der Waals surface area contributed by atoms with Crippen molar-refractivity contribution in [3.8, 4) is 0 Å². The average Bonchev–Trinajstić information content (AvgIpc) is 2.78. The van der Waals surface area contributed by atoms with Crippen molar-refractivity contribution in [2.75, 3.05) is 0 Å². The molecule has 0 saturated heterocycles.